The van der Waals surface area contributed by atoms with Gasteiger partial charge in [-0.1, -0.05) is 26.0 Å². The van der Waals surface area contributed by atoms with Crippen LogP contribution in [0.3, 0.4) is 0 Å². The molecule has 0 atom stereocenters. The Labute approximate surface area is 107 Å². The van der Waals surface area contributed by atoms with Crippen molar-refractivity contribution in [2.75, 3.05) is 6.54 Å². The highest BCUT2D eigenvalue weighted by atomic mass is 32.2. The second-order valence-corrected chi connectivity index (χ2v) is 5.95. The Bertz CT molecular complexity index is 507. The summed E-state index contributed by atoms with van der Waals surface area (Å²) in [6.07, 6.45) is 0.656. The number of hydrogen-bond donors (Lipinski definition) is 2. The van der Waals surface area contributed by atoms with Crippen molar-refractivity contribution in [1.82, 2.24) is 5.32 Å². The fourth-order valence-corrected chi connectivity index (χ4v) is 1.90. The van der Waals surface area contributed by atoms with E-state index in [1.165, 1.54) is 12.1 Å². The Hall–Kier alpha value is -1.40. The van der Waals surface area contributed by atoms with Crippen LogP contribution in [0.15, 0.2) is 29.2 Å². The SMILES string of the molecule is CC(C)C(=O)NCCc1ccc(S(N)(=O)=O)cc1. The number of benzene rings is 1. The topological polar surface area (TPSA) is 89.3 Å². The lowest BCUT2D eigenvalue weighted by Gasteiger charge is -2.07. The minimum absolute atomic E-state index is 0.0103. The fraction of sp³-hybridized carbons (Fsp3) is 0.417. The molecule has 0 spiro atoms. The molecule has 1 rings (SSSR count). The number of sulfonamides is 1. The lowest BCUT2D eigenvalue weighted by atomic mass is 10.1. The van der Waals surface area contributed by atoms with E-state index < -0.39 is 10.0 Å². The van der Waals surface area contributed by atoms with E-state index in [0.29, 0.717) is 13.0 Å². The van der Waals surface area contributed by atoms with Crippen molar-refractivity contribution < 1.29 is 13.2 Å². The Kier molecular flexibility index (Phi) is 4.86. The molecule has 1 aromatic carbocycles. The van der Waals surface area contributed by atoms with Gasteiger partial charge in [0.1, 0.15) is 0 Å². The third-order valence-corrected chi connectivity index (χ3v) is 3.42. The maximum atomic E-state index is 11.3. The molecule has 0 aliphatic rings. The van der Waals surface area contributed by atoms with E-state index in [2.05, 4.69) is 5.32 Å². The molecule has 3 N–H and O–H groups in total. The van der Waals surface area contributed by atoms with Crippen molar-refractivity contribution in [3.8, 4) is 0 Å². The molecule has 1 aromatic rings. The summed E-state index contributed by atoms with van der Waals surface area (Å²) < 4.78 is 22.1. The van der Waals surface area contributed by atoms with Crippen LogP contribution in [0.5, 0.6) is 0 Å². The molecule has 0 fully saturated rings. The van der Waals surface area contributed by atoms with Gasteiger partial charge in [0.05, 0.1) is 4.90 Å². The molecular formula is C12H18N2O3S. The molecule has 18 heavy (non-hydrogen) atoms. The van der Waals surface area contributed by atoms with Crippen molar-refractivity contribution in [2.45, 2.75) is 25.2 Å². The van der Waals surface area contributed by atoms with E-state index in [0.717, 1.165) is 5.56 Å². The zero-order chi connectivity index (χ0) is 13.8. The molecule has 0 radical (unpaired) electrons. The van der Waals surface area contributed by atoms with Gasteiger partial charge in [-0.3, -0.25) is 4.79 Å². The first-order valence-electron chi connectivity index (χ1n) is 5.70. The van der Waals surface area contributed by atoms with Gasteiger partial charge in [0.25, 0.3) is 0 Å². The average Bonchev–Trinajstić information content (AvgIpc) is 2.28. The van der Waals surface area contributed by atoms with Crippen LogP contribution in [-0.4, -0.2) is 20.9 Å². The molecule has 0 saturated heterocycles. The summed E-state index contributed by atoms with van der Waals surface area (Å²) in [5.74, 6) is -0.0223. The number of carbonyl (C=O) groups is 1. The Morgan fingerprint density at radius 1 is 1.28 bits per heavy atom. The second-order valence-electron chi connectivity index (χ2n) is 4.38. The molecule has 0 saturated carbocycles. The van der Waals surface area contributed by atoms with Crippen molar-refractivity contribution in [3.63, 3.8) is 0 Å². The molecule has 0 aromatic heterocycles. The minimum Gasteiger partial charge on any atom is -0.356 e. The van der Waals surface area contributed by atoms with Crippen molar-refractivity contribution in [3.05, 3.63) is 29.8 Å². The van der Waals surface area contributed by atoms with E-state index >= 15 is 0 Å². The first-order chi connectivity index (χ1) is 8.30. The molecule has 0 aliphatic heterocycles. The summed E-state index contributed by atoms with van der Waals surface area (Å²) in [5, 5.41) is 7.79. The van der Waals surface area contributed by atoms with Crippen LogP contribution in [0.25, 0.3) is 0 Å². The maximum absolute atomic E-state index is 11.3. The van der Waals surface area contributed by atoms with Crippen LogP contribution in [0.2, 0.25) is 0 Å². The minimum atomic E-state index is -3.63. The predicted molar refractivity (Wildman–Crippen MR) is 69.4 cm³/mol. The number of rotatable bonds is 5. The normalized spacial score (nSPS) is 11.6. The lowest BCUT2D eigenvalue weighted by molar-refractivity contribution is -0.123. The molecule has 0 unspecified atom stereocenters. The van der Waals surface area contributed by atoms with E-state index in [1.54, 1.807) is 12.1 Å². The van der Waals surface area contributed by atoms with E-state index in [9.17, 15) is 13.2 Å². The largest absolute Gasteiger partial charge is 0.356 e. The van der Waals surface area contributed by atoms with Gasteiger partial charge in [-0.2, -0.15) is 0 Å². The van der Waals surface area contributed by atoms with Gasteiger partial charge in [-0.05, 0) is 24.1 Å². The molecule has 0 aliphatic carbocycles. The lowest BCUT2D eigenvalue weighted by Crippen LogP contribution is -2.29. The van der Waals surface area contributed by atoms with Gasteiger partial charge < -0.3 is 5.32 Å². The van der Waals surface area contributed by atoms with Crippen LogP contribution in [0, 0.1) is 5.92 Å². The van der Waals surface area contributed by atoms with Gasteiger partial charge in [-0.15, -0.1) is 0 Å². The summed E-state index contributed by atoms with van der Waals surface area (Å²) in [5.41, 5.74) is 0.950. The number of hydrogen-bond acceptors (Lipinski definition) is 3. The van der Waals surface area contributed by atoms with Crippen molar-refractivity contribution in [2.24, 2.45) is 11.1 Å². The zero-order valence-electron chi connectivity index (χ0n) is 10.5. The fourth-order valence-electron chi connectivity index (χ4n) is 1.38. The summed E-state index contributed by atoms with van der Waals surface area (Å²) >= 11 is 0. The van der Waals surface area contributed by atoms with Crippen LogP contribution in [0.4, 0.5) is 0 Å². The van der Waals surface area contributed by atoms with Crippen molar-refractivity contribution in [1.29, 1.82) is 0 Å². The van der Waals surface area contributed by atoms with E-state index in [4.69, 9.17) is 5.14 Å². The van der Waals surface area contributed by atoms with Crippen LogP contribution < -0.4 is 10.5 Å². The molecule has 5 nitrogen and oxygen atoms in total. The summed E-state index contributed by atoms with van der Waals surface area (Å²) in [6, 6.07) is 6.33. The number of nitrogens with two attached hydrogens (primary N) is 1. The first kappa shape index (κ1) is 14.7. The quantitative estimate of drug-likeness (QED) is 0.823. The van der Waals surface area contributed by atoms with Gasteiger partial charge in [0.2, 0.25) is 15.9 Å². The van der Waals surface area contributed by atoms with Gasteiger partial charge in [-0.25, -0.2) is 13.6 Å². The van der Waals surface area contributed by atoms with Gasteiger partial charge in [0, 0.05) is 12.5 Å². The van der Waals surface area contributed by atoms with Gasteiger partial charge >= 0.3 is 0 Å². The number of amides is 1. The first-order valence-corrected chi connectivity index (χ1v) is 7.25. The molecule has 6 heteroatoms. The highest BCUT2D eigenvalue weighted by molar-refractivity contribution is 7.89. The zero-order valence-corrected chi connectivity index (χ0v) is 11.3. The highest BCUT2D eigenvalue weighted by Gasteiger charge is 2.07. The van der Waals surface area contributed by atoms with E-state index in [-0.39, 0.29) is 16.7 Å². The Balaban J connectivity index is 2.53. The molecule has 100 valence electrons. The number of nitrogens with one attached hydrogen (secondary N) is 1. The predicted octanol–water partition coefficient (Wildman–Crippen LogP) is 0.649. The molecule has 1 amide bonds. The smallest absolute Gasteiger partial charge is 0.238 e. The maximum Gasteiger partial charge on any atom is 0.238 e. The monoisotopic (exact) mass is 270 g/mol. The van der Waals surface area contributed by atoms with Crippen LogP contribution in [0.1, 0.15) is 19.4 Å². The molecular weight excluding hydrogens is 252 g/mol. The number of carbonyl (C=O) groups excluding carboxylic acids is 1. The third kappa shape index (κ3) is 4.46. The molecule has 0 heterocycles. The summed E-state index contributed by atoms with van der Waals surface area (Å²) in [4.78, 5) is 11.4. The standard InChI is InChI=1S/C12H18N2O3S/c1-9(2)12(15)14-8-7-10-3-5-11(6-4-10)18(13,16)17/h3-6,9H,7-8H2,1-2H3,(H,14,15)(H2,13,16,17). The van der Waals surface area contributed by atoms with Crippen LogP contribution >= 0.6 is 0 Å². The average molecular weight is 270 g/mol. The third-order valence-electron chi connectivity index (χ3n) is 2.49. The Morgan fingerprint density at radius 2 is 1.83 bits per heavy atom. The second kappa shape index (κ2) is 5.97. The Morgan fingerprint density at radius 3 is 2.28 bits per heavy atom. The van der Waals surface area contributed by atoms with E-state index in [1.807, 2.05) is 13.8 Å². The molecule has 0 bridgehead atoms. The van der Waals surface area contributed by atoms with Crippen LogP contribution in [-0.2, 0) is 21.2 Å². The van der Waals surface area contributed by atoms with Crippen molar-refractivity contribution >= 4 is 15.9 Å². The number of primary sulfonamides is 1. The summed E-state index contributed by atoms with van der Waals surface area (Å²) in [7, 11) is -3.63. The summed E-state index contributed by atoms with van der Waals surface area (Å²) in [6.45, 7) is 4.19. The highest BCUT2D eigenvalue weighted by Crippen LogP contribution is 2.08. The van der Waals surface area contributed by atoms with Gasteiger partial charge in [0.15, 0.2) is 0 Å².